The molecule has 174 valence electrons. The van der Waals surface area contributed by atoms with Gasteiger partial charge in [-0.1, -0.05) is 48.0 Å². The molecule has 1 saturated heterocycles. The molecule has 0 aromatic heterocycles. The highest BCUT2D eigenvalue weighted by Gasteiger charge is 2.37. The van der Waals surface area contributed by atoms with Crippen LogP contribution in [0, 0.1) is 6.92 Å². The number of hydrogen-bond acceptors (Lipinski definition) is 5. The summed E-state index contributed by atoms with van der Waals surface area (Å²) in [5, 5.41) is 5.49. The summed E-state index contributed by atoms with van der Waals surface area (Å²) in [5.74, 6) is -0.874. The molecule has 33 heavy (non-hydrogen) atoms. The number of nitrogens with zero attached hydrogens (tertiary/aromatic N) is 2. The zero-order valence-corrected chi connectivity index (χ0v) is 19.3. The smallest absolute Gasteiger partial charge is 0.264 e. The van der Waals surface area contributed by atoms with E-state index in [0.29, 0.717) is 6.54 Å². The van der Waals surface area contributed by atoms with E-state index < -0.39 is 22.0 Å². The Balaban J connectivity index is 1.39. The van der Waals surface area contributed by atoms with E-state index in [-0.39, 0.29) is 23.3 Å². The van der Waals surface area contributed by atoms with Crippen LogP contribution < -0.4 is 10.6 Å². The van der Waals surface area contributed by atoms with Gasteiger partial charge in [-0.3, -0.25) is 18.8 Å². The number of rotatable bonds is 7. The molecule has 2 amide bonds. The second kappa shape index (κ2) is 9.76. The maximum absolute atomic E-state index is 13.2. The first-order valence-electron chi connectivity index (χ1n) is 11.0. The SMILES string of the molecule is Cc1ccc(S(=O)(=O)N2C=CNC(=O)[C@H]2CC(=O)NC2CCN(Cc3ccccc3)C2)cc1. The van der Waals surface area contributed by atoms with Crippen LogP contribution in [0.25, 0.3) is 0 Å². The molecule has 0 spiro atoms. The zero-order chi connectivity index (χ0) is 23.4. The Kier molecular flexibility index (Phi) is 6.80. The lowest BCUT2D eigenvalue weighted by Gasteiger charge is -2.31. The van der Waals surface area contributed by atoms with Gasteiger partial charge >= 0.3 is 0 Å². The minimum absolute atomic E-state index is 0.0365. The van der Waals surface area contributed by atoms with Gasteiger partial charge in [-0.05, 0) is 31.0 Å². The molecule has 4 rings (SSSR count). The number of hydrogen-bond donors (Lipinski definition) is 2. The van der Waals surface area contributed by atoms with E-state index in [0.717, 1.165) is 29.4 Å². The molecule has 9 heteroatoms. The van der Waals surface area contributed by atoms with Crippen LogP contribution >= 0.6 is 0 Å². The lowest BCUT2D eigenvalue weighted by molar-refractivity contribution is -0.129. The van der Waals surface area contributed by atoms with Crippen LogP contribution in [0.4, 0.5) is 0 Å². The molecule has 1 fully saturated rings. The van der Waals surface area contributed by atoms with E-state index in [1.165, 1.54) is 30.1 Å². The predicted molar refractivity (Wildman–Crippen MR) is 124 cm³/mol. The Morgan fingerprint density at radius 1 is 1.12 bits per heavy atom. The van der Waals surface area contributed by atoms with Crippen molar-refractivity contribution in [3.05, 3.63) is 78.1 Å². The van der Waals surface area contributed by atoms with Crippen molar-refractivity contribution in [1.82, 2.24) is 19.8 Å². The van der Waals surface area contributed by atoms with Crippen LogP contribution in [0.15, 0.2) is 71.9 Å². The van der Waals surface area contributed by atoms with E-state index in [4.69, 9.17) is 0 Å². The van der Waals surface area contributed by atoms with Crippen molar-refractivity contribution in [3.63, 3.8) is 0 Å². The molecule has 2 aromatic rings. The Morgan fingerprint density at radius 3 is 2.58 bits per heavy atom. The maximum atomic E-state index is 13.2. The third-order valence-electron chi connectivity index (χ3n) is 5.92. The Hall–Kier alpha value is -3.17. The molecule has 2 atom stereocenters. The quantitative estimate of drug-likeness (QED) is 0.645. The van der Waals surface area contributed by atoms with Crippen molar-refractivity contribution in [2.24, 2.45) is 0 Å². The van der Waals surface area contributed by atoms with Gasteiger partial charge in [0.25, 0.3) is 10.0 Å². The Bertz CT molecular complexity index is 1130. The van der Waals surface area contributed by atoms with Crippen molar-refractivity contribution < 1.29 is 18.0 Å². The molecular weight excluding hydrogens is 440 g/mol. The molecule has 2 aliphatic rings. The van der Waals surface area contributed by atoms with Gasteiger partial charge < -0.3 is 10.6 Å². The summed E-state index contributed by atoms with van der Waals surface area (Å²) < 4.78 is 27.3. The molecule has 2 aromatic carbocycles. The predicted octanol–water partition coefficient (Wildman–Crippen LogP) is 1.74. The number of nitrogens with one attached hydrogen (secondary N) is 2. The first-order chi connectivity index (χ1) is 15.8. The summed E-state index contributed by atoms with van der Waals surface area (Å²) in [6, 6.07) is 15.4. The second-order valence-electron chi connectivity index (χ2n) is 8.47. The van der Waals surface area contributed by atoms with E-state index in [9.17, 15) is 18.0 Å². The third kappa shape index (κ3) is 5.43. The third-order valence-corrected chi connectivity index (χ3v) is 7.72. The van der Waals surface area contributed by atoms with Crippen molar-refractivity contribution in [2.75, 3.05) is 13.1 Å². The minimum Gasteiger partial charge on any atom is -0.352 e. The van der Waals surface area contributed by atoms with E-state index in [1.54, 1.807) is 12.1 Å². The van der Waals surface area contributed by atoms with E-state index in [1.807, 2.05) is 25.1 Å². The number of carbonyl (C=O) groups excluding carboxylic acids is 2. The molecule has 8 nitrogen and oxygen atoms in total. The number of likely N-dealkylation sites (tertiary alicyclic amines) is 1. The highest BCUT2D eigenvalue weighted by Crippen LogP contribution is 2.23. The molecule has 0 radical (unpaired) electrons. The number of carbonyl (C=O) groups is 2. The molecule has 2 aliphatic heterocycles. The topological polar surface area (TPSA) is 98.8 Å². The summed E-state index contributed by atoms with van der Waals surface area (Å²) in [6.07, 6.45) is 3.13. The number of benzene rings is 2. The van der Waals surface area contributed by atoms with Gasteiger partial charge in [-0.2, -0.15) is 0 Å². The second-order valence-corrected chi connectivity index (χ2v) is 10.3. The summed E-state index contributed by atoms with van der Waals surface area (Å²) in [5.41, 5.74) is 2.14. The van der Waals surface area contributed by atoms with Crippen LogP contribution in [0.2, 0.25) is 0 Å². The van der Waals surface area contributed by atoms with Crippen molar-refractivity contribution >= 4 is 21.8 Å². The zero-order valence-electron chi connectivity index (χ0n) is 18.5. The summed E-state index contributed by atoms with van der Waals surface area (Å²) >= 11 is 0. The number of aryl methyl sites for hydroxylation is 1. The average molecular weight is 469 g/mol. The standard InChI is InChI=1S/C24H28N4O4S/c1-18-7-9-21(10-8-18)33(31,32)28-14-12-25-24(30)22(28)15-23(29)26-20-11-13-27(17-20)16-19-5-3-2-4-6-19/h2-10,12,14,20,22H,11,13,15-17H2,1H3,(H,25,30)(H,26,29)/t20?,22-/m1/s1. The van der Waals surface area contributed by atoms with Crippen molar-refractivity contribution in [1.29, 1.82) is 0 Å². The van der Waals surface area contributed by atoms with Crippen LogP contribution in [0.5, 0.6) is 0 Å². The van der Waals surface area contributed by atoms with Crippen molar-refractivity contribution in [2.45, 2.75) is 43.3 Å². The number of amides is 2. The molecular formula is C24H28N4O4S. The van der Waals surface area contributed by atoms with Gasteiger partial charge in [0.15, 0.2) is 0 Å². The van der Waals surface area contributed by atoms with Crippen LogP contribution in [-0.4, -0.2) is 54.6 Å². The fraction of sp³-hybridized carbons (Fsp3) is 0.333. The minimum atomic E-state index is -3.98. The van der Waals surface area contributed by atoms with E-state index in [2.05, 4.69) is 27.7 Å². The van der Waals surface area contributed by atoms with Crippen LogP contribution in [0.1, 0.15) is 24.0 Å². The number of sulfonamides is 1. The summed E-state index contributed by atoms with van der Waals surface area (Å²) in [4.78, 5) is 27.6. The fourth-order valence-electron chi connectivity index (χ4n) is 4.17. The van der Waals surface area contributed by atoms with Gasteiger partial charge in [0.05, 0.1) is 11.3 Å². The Labute approximate surface area is 194 Å². The van der Waals surface area contributed by atoms with Crippen LogP contribution in [0.3, 0.4) is 0 Å². The first-order valence-corrected chi connectivity index (χ1v) is 12.4. The molecule has 2 heterocycles. The fourth-order valence-corrected chi connectivity index (χ4v) is 5.62. The molecule has 1 unspecified atom stereocenters. The monoisotopic (exact) mass is 468 g/mol. The van der Waals surface area contributed by atoms with Gasteiger partial charge in [-0.15, -0.1) is 0 Å². The van der Waals surface area contributed by atoms with E-state index >= 15 is 0 Å². The largest absolute Gasteiger partial charge is 0.352 e. The Morgan fingerprint density at radius 2 is 1.85 bits per heavy atom. The molecule has 0 saturated carbocycles. The maximum Gasteiger partial charge on any atom is 0.264 e. The van der Waals surface area contributed by atoms with Gasteiger partial charge in [0, 0.05) is 38.1 Å². The van der Waals surface area contributed by atoms with Gasteiger partial charge in [0.1, 0.15) is 6.04 Å². The summed E-state index contributed by atoms with van der Waals surface area (Å²) in [6.45, 7) is 4.25. The normalized spacial score (nSPS) is 21.1. The first kappa shape index (κ1) is 23.0. The highest BCUT2D eigenvalue weighted by atomic mass is 32.2. The average Bonchev–Trinajstić information content (AvgIpc) is 3.22. The molecule has 0 bridgehead atoms. The van der Waals surface area contributed by atoms with Crippen LogP contribution in [-0.2, 0) is 26.2 Å². The van der Waals surface area contributed by atoms with Gasteiger partial charge in [0.2, 0.25) is 11.8 Å². The lowest BCUT2D eigenvalue weighted by atomic mass is 10.1. The van der Waals surface area contributed by atoms with Gasteiger partial charge in [-0.25, -0.2) is 8.42 Å². The highest BCUT2D eigenvalue weighted by molar-refractivity contribution is 7.89. The van der Waals surface area contributed by atoms with Crippen molar-refractivity contribution in [3.8, 4) is 0 Å². The lowest BCUT2D eigenvalue weighted by Crippen LogP contribution is -2.51. The molecule has 0 aliphatic carbocycles. The summed E-state index contributed by atoms with van der Waals surface area (Å²) in [7, 11) is -3.98. The molecule has 2 N–H and O–H groups in total.